The van der Waals surface area contributed by atoms with Crippen LogP contribution in [0.15, 0.2) is 39.8 Å². The van der Waals surface area contributed by atoms with Gasteiger partial charge in [0.15, 0.2) is 17.8 Å². The number of benzene rings is 1. The predicted molar refractivity (Wildman–Crippen MR) is 94.4 cm³/mol. The first-order valence-corrected chi connectivity index (χ1v) is 8.06. The Morgan fingerprint density at radius 2 is 2.08 bits per heavy atom. The molecule has 4 aromatic rings. The number of hydrogen-bond acceptors (Lipinski definition) is 6. The van der Waals surface area contributed by atoms with Crippen molar-refractivity contribution in [3.8, 4) is 22.6 Å². The van der Waals surface area contributed by atoms with Crippen molar-refractivity contribution in [1.29, 1.82) is 0 Å². The molecule has 9 heteroatoms. The fourth-order valence-corrected chi connectivity index (χ4v) is 2.94. The van der Waals surface area contributed by atoms with E-state index in [-0.39, 0.29) is 5.82 Å². The van der Waals surface area contributed by atoms with Crippen LogP contribution in [0.2, 0.25) is 5.02 Å². The molecule has 0 saturated heterocycles. The Balaban J connectivity index is 2.00. The minimum atomic E-state index is 0.284. The summed E-state index contributed by atoms with van der Waals surface area (Å²) in [5.41, 5.74) is 9.62. The van der Waals surface area contributed by atoms with Gasteiger partial charge in [-0.1, -0.05) is 11.6 Å². The monoisotopic (exact) mass is 404 g/mol. The zero-order valence-corrected chi connectivity index (χ0v) is 14.7. The maximum absolute atomic E-state index is 6.30. The van der Waals surface area contributed by atoms with Crippen LogP contribution >= 0.6 is 27.5 Å². The molecule has 0 unspecified atom stereocenters. The maximum atomic E-state index is 6.30. The molecule has 2 N–H and O–H groups in total. The van der Waals surface area contributed by atoms with Crippen LogP contribution < -0.4 is 5.73 Å². The standard InChI is InChI=1S/C15H10BrClN6O/c1-23-3-2-9(22-23)13-11(20-14(16)15(18)21-13)7-4-8(17)12-10(5-7)24-6-19-12/h2-6H,1H3,(H2,18,21). The van der Waals surface area contributed by atoms with Crippen LogP contribution in [-0.4, -0.2) is 24.7 Å². The zero-order valence-electron chi connectivity index (χ0n) is 12.4. The van der Waals surface area contributed by atoms with Crippen molar-refractivity contribution in [2.75, 3.05) is 5.73 Å². The average molecular weight is 406 g/mol. The summed E-state index contributed by atoms with van der Waals surface area (Å²) in [5.74, 6) is 0.284. The molecule has 0 radical (unpaired) electrons. The number of rotatable bonds is 2. The summed E-state index contributed by atoms with van der Waals surface area (Å²) in [6.07, 6.45) is 3.18. The van der Waals surface area contributed by atoms with Gasteiger partial charge >= 0.3 is 0 Å². The zero-order chi connectivity index (χ0) is 16.8. The smallest absolute Gasteiger partial charge is 0.182 e. The molecule has 3 aromatic heterocycles. The molecular formula is C15H10BrClN6O. The summed E-state index contributed by atoms with van der Waals surface area (Å²) < 4.78 is 7.50. The molecule has 4 rings (SSSR count). The highest BCUT2D eigenvalue weighted by atomic mass is 79.9. The lowest BCUT2D eigenvalue weighted by molar-refractivity contribution is 0.602. The highest BCUT2D eigenvalue weighted by Gasteiger charge is 2.18. The highest BCUT2D eigenvalue weighted by Crippen LogP contribution is 2.35. The third kappa shape index (κ3) is 2.44. The maximum Gasteiger partial charge on any atom is 0.182 e. The molecule has 0 bridgehead atoms. The van der Waals surface area contributed by atoms with Crippen molar-refractivity contribution in [3.05, 3.63) is 40.4 Å². The summed E-state index contributed by atoms with van der Waals surface area (Å²) in [5, 5.41) is 4.86. The predicted octanol–water partition coefficient (Wildman–Crippen LogP) is 3.68. The first-order valence-electron chi connectivity index (χ1n) is 6.89. The minimum Gasteiger partial charge on any atom is -0.443 e. The van der Waals surface area contributed by atoms with E-state index in [9.17, 15) is 0 Å². The van der Waals surface area contributed by atoms with Gasteiger partial charge in [0, 0.05) is 18.8 Å². The number of oxazole rings is 1. The first-order chi connectivity index (χ1) is 11.5. The molecule has 0 fully saturated rings. The molecule has 0 aliphatic rings. The van der Waals surface area contributed by atoms with Crippen LogP contribution in [0, 0.1) is 0 Å². The van der Waals surface area contributed by atoms with E-state index in [0.717, 1.165) is 5.56 Å². The molecule has 0 aliphatic heterocycles. The van der Waals surface area contributed by atoms with E-state index in [0.29, 0.717) is 37.8 Å². The van der Waals surface area contributed by atoms with Gasteiger partial charge < -0.3 is 10.2 Å². The summed E-state index contributed by atoms with van der Waals surface area (Å²) >= 11 is 9.62. The fraction of sp³-hybridized carbons (Fsp3) is 0.0667. The Morgan fingerprint density at radius 1 is 1.25 bits per heavy atom. The van der Waals surface area contributed by atoms with Gasteiger partial charge in [-0.25, -0.2) is 15.0 Å². The number of halogens is 2. The molecule has 24 heavy (non-hydrogen) atoms. The van der Waals surface area contributed by atoms with E-state index in [1.54, 1.807) is 10.7 Å². The summed E-state index contributed by atoms with van der Waals surface area (Å²) in [4.78, 5) is 13.0. The van der Waals surface area contributed by atoms with Gasteiger partial charge in [0.25, 0.3) is 0 Å². The quantitative estimate of drug-likeness (QED) is 0.546. The highest BCUT2D eigenvalue weighted by molar-refractivity contribution is 9.10. The first kappa shape index (κ1) is 15.1. The number of nitrogens with zero attached hydrogens (tertiary/aromatic N) is 5. The van der Waals surface area contributed by atoms with Crippen LogP contribution in [0.25, 0.3) is 33.7 Å². The van der Waals surface area contributed by atoms with E-state index in [1.165, 1.54) is 6.39 Å². The van der Waals surface area contributed by atoms with Crippen LogP contribution in [0.3, 0.4) is 0 Å². The Labute approximate surface area is 149 Å². The Kier molecular flexibility index (Phi) is 3.50. The Bertz CT molecular complexity index is 1070. The summed E-state index contributed by atoms with van der Waals surface area (Å²) in [7, 11) is 1.83. The summed E-state index contributed by atoms with van der Waals surface area (Å²) in [6, 6.07) is 5.42. The number of fused-ring (bicyclic) bond motifs is 1. The van der Waals surface area contributed by atoms with Gasteiger partial charge in [-0.05, 0) is 34.1 Å². The molecule has 0 amide bonds. The van der Waals surface area contributed by atoms with Crippen molar-refractivity contribution < 1.29 is 4.42 Å². The number of anilines is 1. The molecule has 0 aliphatic carbocycles. The molecule has 120 valence electrons. The van der Waals surface area contributed by atoms with Gasteiger partial charge in [0.05, 0.1) is 10.7 Å². The third-order valence-corrected chi connectivity index (χ3v) is 4.37. The van der Waals surface area contributed by atoms with E-state index >= 15 is 0 Å². The third-order valence-electron chi connectivity index (χ3n) is 3.50. The van der Waals surface area contributed by atoms with E-state index in [1.807, 2.05) is 25.4 Å². The van der Waals surface area contributed by atoms with Crippen molar-refractivity contribution in [2.45, 2.75) is 0 Å². The Hall–Kier alpha value is -2.45. The SMILES string of the molecule is Cn1ccc(-c2nc(N)c(Br)nc2-c2cc(Cl)c3ncoc3c2)n1. The van der Waals surface area contributed by atoms with Crippen LogP contribution in [0.1, 0.15) is 0 Å². The van der Waals surface area contributed by atoms with E-state index in [2.05, 4.69) is 36.0 Å². The topological polar surface area (TPSA) is 95.7 Å². The minimum absolute atomic E-state index is 0.284. The van der Waals surface area contributed by atoms with Crippen LogP contribution in [-0.2, 0) is 7.05 Å². The van der Waals surface area contributed by atoms with E-state index < -0.39 is 0 Å². The normalized spacial score (nSPS) is 11.3. The number of aryl methyl sites for hydroxylation is 1. The second-order valence-corrected chi connectivity index (χ2v) is 6.29. The van der Waals surface area contributed by atoms with Gasteiger partial charge in [-0.15, -0.1) is 0 Å². The molecule has 0 atom stereocenters. The summed E-state index contributed by atoms with van der Waals surface area (Å²) in [6.45, 7) is 0. The van der Waals surface area contributed by atoms with Crippen molar-refractivity contribution in [1.82, 2.24) is 24.7 Å². The fourth-order valence-electron chi connectivity index (χ4n) is 2.41. The molecule has 0 spiro atoms. The number of aromatic nitrogens is 5. The molecule has 1 aromatic carbocycles. The lowest BCUT2D eigenvalue weighted by Crippen LogP contribution is -2.01. The molecule has 0 saturated carbocycles. The van der Waals surface area contributed by atoms with Crippen molar-refractivity contribution >= 4 is 44.4 Å². The van der Waals surface area contributed by atoms with Crippen molar-refractivity contribution in [2.24, 2.45) is 7.05 Å². The number of nitrogens with two attached hydrogens (primary N) is 1. The Morgan fingerprint density at radius 3 is 2.83 bits per heavy atom. The lowest BCUT2D eigenvalue weighted by Gasteiger charge is -2.09. The molecule has 3 heterocycles. The molecule has 7 nitrogen and oxygen atoms in total. The largest absolute Gasteiger partial charge is 0.443 e. The van der Waals surface area contributed by atoms with E-state index in [4.69, 9.17) is 21.8 Å². The van der Waals surface area contributed by atoms with Gasteiger partial charge in [-0.2, -0.15) is 5.10 Å². The molecular weight excluding hydrogens is 396 g/mol. The van der Waals surface area contributed by atoms with Crippen molar-refractivity contribution in [3.63, 3.8) is 0 Å². The van der Waals surface area contributed by atoms with Gasteiger partial charge in [0.1, 0.15) is 21.5 Å². The lowest BCUT2D eigenvalue weighted by atomic mass is 10.1. The number of hydrogen-bond donors (Lipinski definition) is 1. The van der Waals surface area contributed by atoms with Gasteiger partial charge in [0.2, 0.25) is 0 Å². The second-order valence-electron chi connectivity index (χ2n) is 5.13. The van der Waals surface area contributed by atoms with Gasteiger partial charge in [-0.3, -0.25) is 4.68 Å². The second kappa shape index (κ2) is 5.57. The van der Waals surface area contributed by atoms with Crippen LogP contribution in [0.5, 0.6) is 0 Å². The number of nitrogen functional groups attached to an aromatic ring is 1. The average Bonchev–Trinajstić information content (AvgIpc) is 3.18. The van der Waals surface area contributed by atoms with Crippen LogP contribution in [0.4, 0.5) is 5.82 Å².